The lowest BCUT2D eigenvalue weighted by Gasteiger charge is -2.06. The molecule has 4 N–H and O–H groups in total. The van der Waals surface area contributed by atoms with Crippen LogP contribution >= 0.6 is 39.7 Å². The highest BCUT2D eigenvalue weighted by Gasteiger charge is 2.13. The van der Waals surface area contributed by atoms with E-state index in [1.807, 2.05) is 0 Å². The maximum absolute atomic E-state index is 12.0. The first kappa shape index (κ1) is 14.0. The van der Waals surface area contributed by atoms with E-state index in [4.69, 9.17) is 29.6 Å². The Labute approximate surface area is 127 Å². The number of H-pyrrole nitrogens is 1. The van der Waals surface area contributed by atoms with E-state index >= 15 is 0 Å². The van der Waals surface area contributed by atoms with Gasteiger partial charge in [0.05, 0.1) is 16.8 Å². The molecular weight excluding hydrogens is 352 g/mol. The highest BCUT2D eigenvalue weighted by molar-refractivity contribution is 9.10. The molecule has 0 aliphatic rings. The monoisotopic (exact) mass is 358 g/mol. The van der Waals surface area contributed by atoms with Crippen molar-refractivity contribution in [2.45, 2.75) is 0 Å². The molecule has 1 heterocycles. The Bertz CT molecular complexity index is 658. The van der Waals surface area contributed by atoms with Crippen LogP contribution in [-0.4, -0.2) is 21.1 Å². The first-order valence-electron chi connectivity index (χ1n) is 5.08. The van der Waals surface area contributed by atoms with Crippen molar-refractivity contribution in [1.29, 1.82) is 0 Å². The fourth-order valence-electron chi connectivity index (χ4n) is 1.39. The van der Waals surface area contributed by atoms with Gasteiger partial charge in [-0.1, -0.05) is 23.8 Å². The van der Waals surface area contributed by atoms with Gasteiger partial charge in [-0.15, -0.1) is 0 Å². The number of hydrogen-bond acceptors (Lipinski definition) is 3. The number of amides is 1. The molecule has 0 fully saturated rings. The molecule has 2 aromatic rings. The smallest absolute Gasteiger partial charge is 0.256 e. The van der Waals surface area contributed by atoms with Gasteiger partial charge in [-0.2, -0.15) is 5.10 Å². The lowest BCUT2D eigenvalue weighted by atomic mass is 10.2. The lowest BCUT2D eigenvalue weighted by molar-refractivity contribution is 0.102. The number of thiocarbonyl (C=S) groups is 1. The number of benzene rings is 1. The fraction of sp³-hybridized carbons (Fsp3) is 0. The molecule has 0 spiro atoms. The fourth-order valence-corrected chi connectivity index (χ4v) is 2.04. The zero-order valence-corrected chi connectivity index (χ0v) is 12.6. The molecule has 5 nitrogen and oxygen atoms in total. The molecule has 1 aromatic heterocycles. The predicted octanol–water partition coefficient (Wildman–Crippen LogP) is 2.71. The van der Waals surface area contributed by atoms with Gasteiger partial charge in [-0.3, -0.25) is 9.89 Å². The second-order valence-corrected chi connectivity index (χ2v) is 5.31. The molecule has 0 atom stereocenters. The number of nitrogens with two attached hydrogens (primary N) is 1. The molecule has 1 aromatic carbocycles. The number of anilines is 1. The molecule has 2 rings (SSSR count). The van der Waals surface area contributed by atoms with Crippen molar-refractivity contribution in [2.24, 2.45) is 5.73 Å². The Morgan fingerprint density at radius 2 is 2.26 bits per heavy atom. The normalized spacial score (nSPS) is 10.2. The number of nitrogens with one attached hydrogen (secondary N) is 2. The molecule has 0 radical (unpaired) electrons. The summed E-state index contributed by atoms with van der Waals surface area (Å²) in [4.78, 5) is 12.2. The highest BCUT2D eigenvalue weighted by Crippen LogP contribution is 2.23. The molecular formula is C11H8BrClN4OS. The molecule has 0 aliphatic heterocycles. The van der Waals surface area contributed by atoms with Crippen LogP contribution in [0.2, 0.25) is 5.02 Å². The van der Waals surface area contributed by atoms with Gasteiger partial charge in [-0.05, 0) is 34.1 Å². The van der Waals surface area contributed by atoms with E-state index in [-0.39, 0.29) is 10.9 Å². The van der Waals surface area contributed by atoms with Gasteiger partial charge in [0.15, 0.2) is 0 Å². The van der Waals surface area contributed by atoms with Crippen LogP contribution in [0.15, 0.2) is 28.9 Å². The molecule has 8 heteroatoms. The first-order valence-corrected chi connectivity index (χ1v) is 6.66. The van der Waals surface area contributed by atoms with Crippen LogP contribution in [0.4, 0.5) is 5.82 Å². The molecule has 0 saturated carbocycles. The van der Waals surface area contributed by atoms with Gasteiger partial charge in [0.1, 0.15) is 10.8 Å². The SMILES string of the molecule is NC(=S)c1cn[nH]c1NC(=O)c1ccc(Cl)c(Br)c1. The Balaban J connectivity index is 2.23. The minimum absolute atomic E-state index is 0.154. The maximum atomic E-state index is 12.0. The second-order valence-electron chi connectivity index (χ2n) is 3.61. The molecule has 1 amide bonds. The van der Waals surface area contributed by atoms with Crippen LogP contribution in [-0.2, 0) is 0 Å². The van der Waals surface area contributed by atoms with Crippen molar-refractivity contribution >= 4 is 56.5 Å². The third kappa shape index (κ3) is 3.12. The van der Waals surface area contributed by atoms with Gasteiger partial charge in [0.25, 0.3) is 5.91 Å². The zero-order chi connectivity index (χ0) is 14.0. The van der Waals surface area contributed by atoms with E-state index in [9.17, 15) is 4.79 Å². The Morgan fingerprint density at radius 1 is 1.53 bits per heavy atom. The number of rotatable bonds is 3. The summed E-state index contributed by atoms with van der Waals surface area (Å²) in [5.41, 5.74) is 6.44. The minimum atomic E-state index is -0.320. The van der Waals surface area contributed by atoms with Crippen molar-refractivity contribution in [3.05, 3.63) is 45.0 Å². The molecule has 98 valence electrons. The quantitative estimate of drug-likeness (QED) is 0.736. The number of carbonyl (C=O) groups is 1. The standard InChI is InChI=1S/C11H8BrClN4OS/c12-7-3-5(1-2-8(7)13)11(18)16-10-6(9(14)19)4-15-17-10/h1-4H,(H2,14,19)(H2,15,16,17,18). The number of nitrogens with zero attached hydrogens (tertiary/aromatic N) is 1. The molecule has 0 bridgehead atoms. The summed E-state index contributed by atoms with van der Waals surface area (Å²) in [6, 6.07) is 4.86. The number of hydrogen-bond donors (Lipinski definition) is 3. The van der Waals surface area contributed by atoms with Crippen LogP contribution in [0.5, 0.6) is 0 Å². The summed E-state index contributed by atoms with van der Waals surface area (Å²) in [5.74, 6) is 0.0442. The van der Waals surface area contributed by atoms with E-state index in [1.165, 1.54) is 6.20 Å². The molecule has 0 saturated heterocycles. The van der Waals surface area contributed by atoms with Gasteiger partial charge >= 0.3 is 0 Å². The van der Waals surface area contributed by atoms with E-state index in [1.54, 1.807) is 18.2 Å². The van der Waals surface area contributed by atoms with Crippen LogP contribution in [0, 0.1) is 0 Å². The third-order valence-corrected chi connectivity index (χ3v) is 3.76. The van der Waals surface area contributed by atoms with Crippen molar-refractivity contribution in [3.63, 3.8) is 0 Å². The number of aromatic nitrogens is 2. The summed E-state index contributed by atoms with van der Waals surface area (Å²) in [6.45, 7) is 0. The number of carbonyl (C=O) groups excluding carboxylic acids is 1. The Hall–Kier alpha value is -1.44. The highest BCUT2D eigenvalue weighted by atomic mass is 79.9. The number of aromatic amines is 1. The van der Waals surface area contributed by atoms with Gasteiger partial charge < -0.3 is 11.1 Å². The molecule has 19 heavy (non-hydrogen) atoms. The molecule has 0 aliphatic carbocycles. The van der Waals surface area contributed by atoms with Gasteiger partial charge in [0.2, 0.25) is 0 Å². The van der Waals surface area contributed by atoms with E-state index < -0.39 is 0 Å². The van der Waals surface area contributed by atoms with Crippen LogP contribution in [0.1, 0.15) is 15.9 Å². The first-order chi connectivity index (χ1) is 8.99. The van der Waals surface area contributed by atoms with Crippen LogP contribution in [0.25, 0.3) is 0 Å². The third-order valence-electron chi connectivity index (χ3n) is 2.33. The Kier molecular flexibility index (Phi) is 4.18. The van der Waals surface area contributed by atoms with Crippen LogP contribution < -0.4 is 11.1 Å². The summed E-state index contributed by atoms with van der Waals surface area (Å²) in [7, 11) is 0. The number of halogens is 2. The minimum Gasteiger partial charge on any atom is -0.389 e. The second kappa shape index (κ2) is 5.68. The summed E-state index contributed by atoms with van der Waals surface area (Å²) in [5, 5.41) is 9.59. The van der Waals surface area contributed by atoms with Crippen molar-refractivity contribution in [2.75, 3.05) is 5.32 Å². The summed E-state index contributed by atoms with van der Waals surface area (Å²) in [6.07, 6.45) is 1.45. The van der Waals surface area contributed by atoms with Crippen molar-refractivity contribution < 1.29 is 4.79 Å². The zero-order valence-electron chi connectivity index (χ0n) is 9.41. The maximum Gasteiger partial charge on any atom is 0.256 e. The summed E-state index contributed by atoms with van der Waals surface area (Å²) < 4.78 is 0.640. The predicted molar refractivity (Wildman–Crippen MR) is 81.6 cm³/mol. The molecule has 0 unspecified atom stereocenters. The van der Waals surface area contributed by atoms with Crippen molar-refractivity contribution in [3.8, 4) is 0 Å². The van der Waals surface area contributed by atoms with Crippen LogP contribution in [0.3, 0.4) is 0 Å². The van der Waals surface area contributed by atoms with Gasteiger partial charge in [0, 0.05) is 10.0 Å². The van der Waals surface area contributed by atoms with Gasteiger partial charge in [-0.25, -0.2) is 0 Å². The largest absolute Gasteiger partial charge is 0.389 e. The van der Waals surface area contributed by atoms with E-state index in [0.717, 1.165) is 0 Å². The topological polar surface area (TPSA) is 83.8 Å². The van der Waals surface area contributed by atoms with E-state index in [0.29, 0.717) is 26.4 Å². The lowest BCUT2D eigenvalue weighted by Crippen LogP contribution is -2.17. The average Bonchev–Trinajstić information content (AvgIpc) is 2.80. The van der Waals surface area contributed by atoms with Crippen molar-refractivity contribution in [1.82, 2.24) is 10.2 Å². The average molecular weight is 360 g/mol. The summed E-state index contributed by atoms with van der Waals surface area (Å²) >= 11 is 14.0. The van der Waals surface area contributed by atoms with E-state index in [2.05, 4.69) is 31.4 Å². The Morgan fingerprint density at radius 3 is 2.89 bits per heavy atom.